The van der Waals surface area contributed by atoms with Crippen LogP contribution >= 0.6 is 0 Å². The minimum Gasteiger partial charge on any atom is -0.474 e. The molecule has 0 radical (unpaired) electrons. The fourth-order valence-corrected chi connectivity index (χ4v) is 8.34. The normalized spacial score (nSPS) is 25.3. The van der Waals surface area contributed by atoms with Crippen LogP contribution in [0.2, 0.25) is 0 Å². The van der Waals surface area contributed by atoms with Gasteiger partial charge in [0.25, 0.3) is 0 Å². The Labute approximate surface area is 202 Å². The third-order valence-electron chi connectivity index (χ3n) is 7.19. The summed E-state index contributed by atoms with van der Waals surface area (Å²) in [5.41, 5.74) is 0.589. The molecule has 2 bridgehead atoms. The van der Waals surface area contributed by atoms with E-state index in [4.69, 9.17) is 4.74 Å². The van der Waals surface area contributed by atoms with Crippen LogP contribution in [-0.2, 0) is 19.9 Å². The van der Waals surface area contributed by atoms with E-state index in [0.29, 0.717) is 29.8 Å². The van der Waals surface area contributed by atoms with E-state index in [1.165, 1.54) is 23.0 Å². The second-order valence-corrected chi connectivity index (χ2v) is 13.8. The van der Waals surface area contributed by atoms with Gasteiger partial charge in [-0.15, -0.1) is 0 Å². The van der Waals surface area contributed by atoms with Gasteiger partial charge in [0.1, 0.15) is 18.2 Å². The topological polar surface area (TPSA) is 111 Å². The summed E-state index contributed by atoms with van der Waals surface area (Å²) >= 11 is 0. The lowest BCUT2D eigenvalue weighted by Crippen LogP contribution is -2.50. The van der Waals surface area contributed by atoms with Gasteiger partial charge >= 0.3 is 0 Å². The second-order valence-electron chi connectivity index (χ2n) is 9.66. The van der Waals surface area contributed by atoms with Gasteiger partial charge in [-0.2, -0.15) is 4.31 Å². The zero-order chi connectivity index (χ0) is 24.5. The fourth-order valence-electron chi connectivity index (χ4n) is 5.42. The predicted molar refractivity (Wildman–Crippen MR) is 126 cm³/mol. The Bertz CT molecular complexity index is 1520. The van der Waals surface area contributed by atoms with Crippen molar-refractivity contribution in [3.63, 3.8) is 0 Å². The molecular weight excluding hydrogens is 495 g/mol. The summed E-state index contributed by atoms with van der Waals surface area (Å²) in [7, 11) is -6.75. The van der Waals surface area contributed by atoms with Crippen LogP contribution in [0.4, 0.5) is 4.39 Å². The van der Waals surface area contributed by atoms with Crippen LogP contribution < -0.4 is 4.74 Å². The summed E-state index contributed by atoms with van der Waals surface area (Å²) in [6, 6.07) is 5.39. The maximum Gasteiger partial charge on any atom is 0.226 e. The number of aromatic nitrogens is 3. The van der Waals surface area contributed by atoms with Crippen molar-refractivity contribution in [2.24, 2.45) is 0 Å². The summed E-state index contributed by atoms with van der Waals surface area (Å²) in [5, 5.41) is 0.385. The van der Waals surface area contributed by atoms with Gasteiger partial charge < -0.3 is 4.74 Å². The number of hydrogen-bond donors (Lipinski definition) is 0. The third-order valence-corrected chi connectivity index (χ3v) is 10.8. The van der Waals surface area contributed by atoms with Crippen molar-refractivity contribution in [1.29, 1.82) is 0 Å². The minimum absolute atomic E-state index is 0.0475. The van der Waals surface area contributed by atoms with Gasteiger partial charge in [-0.3, -0.25) is 4.57 Å². The van der Waals surface area contributed by atoms with E-state index in [0.717, 1.165) is 38.0 Å². The highest BCUT2D eigenvalue weighted by atomic mass is 32.2. The number of sulfonamides is 1. The molecule has 186 valence electrons. The van der Waals surface area contributed by atoms with Crippen LogP contribution in [0, 0.1) is 5.82 Å². The first kappa shape index (κ1) is 22.9. The van der Waals surface area contributed by atoms with Crippen LogP contribution in [0.1, 0.15) is 38.5 Å². The third kappa shape index (κ3) is 3.91. The number of hydrogen-bond acceptors (Lipinski definition) is 7. The molecule has 6 rings (SSSR count). The van der Waals surface area contributed by atoms with E-state index in [9.17, 15) is 21.2 Å². The first-order valence-corrected chi connectivity index (χ1v) is 15.0. The minimum atomic E-state index is -3.53. The van der Waals surface area contributed by atoms with E-state index >= 15 is 0 Å². The molecular formula is C23H25FN4O5S2. The average Bonchev–Trinajstić information content (AvgIpc) is 3.51. The highest BCUT2D eigenvalue weighted by molar-refractivity contribution is 7.90. The molecule has 1 saturated carbocycles. The summed E-state index contributed by atoms with van der Waals surface area (Å²) in [5.74, 6) is -0.322. The molecule has 1 aliphatic carbocycles. The van der Waals surface area contributed by atoms with Crippen LogP contribution in [0.15, 0.2) is 41.7 Å². The molecule has 35 heavy (non-hydrogen) atoms. The standard InChI is InChI=1S/C23H25FN4O5S2/c1-34(29,30)18-6-7-21(20(24)12-18)27-9-8-19-22(27)25-13-26-23(19)33-16-10-14-2-3-15(11-16)28(14)35(31,32)17-4-5-17/h6-9,12-17H,2-5,10-11H2,1H3/t14-,15-/m0/s1. The molecule has 4 heterocycles. The monoisotopic (exact) mass is 520 g/mol. The van der Waals surface area contributed by atoms with Gasteiger partial charge in [0, 0.05) is 37.4 Å². The first-order valence-electron chi connectivity index (χ1n) is 11.6. The SMILES string of the molecule is CS(=O)(=O)c1ccc(-n2ccc3c(OC4C[C@@H]5CC[C@@H](C4)N5S(=O)(=O)C4CC4)ncnc32)c(F)c1. The van der Waals surface area contributed by atoms with Crippen LogP contribution in [0.3, 0.4) is 0 Å². The van der Waals surface area contributed by atoms with E-state index in [-0.39, 0.29) is 34.0 Å². The van der Waals surface area contributed by atoms with Gasteiger partial charge in [-0.1, -0.05) is 0 Å². The Morgan fingerprint density at radius 1 is 1.00 bits per heavy atom. The van der Waals surface area contributed by atoms with E-state index in [1.807, 2.05) is 0 Å². The van der Waals surface area contributed by atoms with Crippen molar-refractivity contribution in [2.45, 2.75) is 66.9 Å². The Hall–Kier alpha value is -2.57. The average molecular weight is 521 g/mol. The van der Waals surface area contributed by atoms with Gasteiger partial charge in [-0.25, -0.2) is 31.2 Å². The van der Waals surface area contributed by atoms with Gasteiger partial charge in [-0.05, 0) is 49.9 Å². The highest BCUT2D eigenvalue weighted by Crippen LogP contribution is 2.44. The number of rotatable bonds is 6. The zero-order valence-electron chi connectivity index (χ0n) is 19.0. The van der Waals surface area contributed by atoms with Gasteiger partial charge in [0.2, 0.25) is 15.9 Å². The Kier molecular flexibility index (Phi) is 5.21. The van der Waals surface area contributed by atoms with E-state index in [1.54, 1.807) is 16.6 Å². The maximum atomic E-state index is 14.8. The van der Waals surface area contributed by atoms with Crippen LogP contribution in [0.5, 0.6) is 5.88 Å². The summed E-state index contributed by atoms with van der Waals surface area (Å²) < 4.78 is 73.6. The maximum absolute atomic E-state index is 14.8. The number of halogens is 1. The molecule has 2 aromatic heterocycles. The Balaban J connectivity index is 1.27. The zero-order valence-corrected chi connectivity index (χ0v) is 20.7. The molecule has 2 saturated heterocycles. The quantitative estimate of drug-likeness (QED) is 0.491. The molecule has 0 N–H and O–H groups in total. The highest BCUT2D eigenvalue weighted by Gasteiger charge is 2.52. The van der Waals surface area contributed by atoms with Crippen molar-refractivity contribution < 1.29 is 26.0 Å². The van der Waals surface area contributed by atoms with Gasteiger partial charge in [0.15, 0.2) is 15.5 Å². The molecule has 2 aliphatic heterocycles. The molecule has 3 fully saturated rings. The smallest absolute Gasteiger partial charge is 0.226 e. The molecule has 0 unspecified atom stereocenters. The van der Waals surface area contributed by atoms with Gasteiger partial charge in [0.05, 0.1) is 21.2 Å². The van der Waals surface area contributed by atoms with E-state index in [2.05, 4.69) is 9.97 Å². The van der Waals surface area contributed by atoms with Crippen molar-refractivity contribution in [3.8, 4) is 11.6 Å². The molecule has 0 amide bonds. The van der Waals surface area contributed by atoms with Crippen molar-refractivity contribution in [2.75, 3.05) is 6.26 Å². The molecule has 2 atom stereocenters. The number of nitrogens with zero attached hydrogens (tertiary/aromatic N) is 4. The number of piperidine rings is 1. The van der Waals surface area contributed by atoms with Crippen LogP contribution in [-0.4, -0.2) is 65.4 Å². The lowest BCUT2D eigenvalue weighted by Gasteiger charge is -2.37. The van der Waals surface area contributed by atoms with E-state index < -0.39 is 25.7 Å². The number of ether oxygens (including phenoxy) is 1. The van der Waals surface area contributed by atoms with Crippen molar-refractivity contribution in [3.05, 3.63) is 42.6 Å². The summed E-state index contributed by atoms with van der Waals surface area (Å²) in [6.45, 7) is 0. The first-order chi connectivity index (χ1) is 16.6. The number of sulfone groups is 1. The summed E-state index contributed by atoms with van der Waals surface area (Å²) in [4.78, 5) is 8.50. The molecule has 0 spiro atoms. The van der Waals surface area contributed by atoms with Crippen LogP contribution in [0.25, 0.3) is 16.7 Å². The summed E-state index contributed by atoms with van der Waals surface area (Å²) in [6.07, 6.45) is 8.25. The largest absolute Gasteiger partial charge is 0.474 e. The predicted octanol–water partition coefficient (Wildman–Crippen LogP) is 2.83. The lowest BCUT2D eigenvalue weighted by atomic mass is 10.0. The molecule has 12 heteroatoms. The molecule has 3 aliphatic rings. The van der Waals surface area contributed by atoms with Crippen molar-refractivity contribution >= 4 is 30.9 Å². The molecule has 1 aromatic carbocycles. The Morgan fingerprint density at radius 2 is 1.71 bits per heavy atom. The van der Waals surface area contributed by atoms with Crippen molar-refractivity contribution in [1.82, 2.24) is 18.8 Å². The lowest BCUT2D eigenvalue weighted by molar-refractivity contribution is 0.0930. The number of fused-ring (bicyclic) bond motifs is 3. The molecule has 3 aromatic rings. The molecule has 9 nitrogen and oxygen atoms in total. The fraction of sp³-hybridized carbons (Fsp3) is 0.478. The Morgan fingerprint density at radius 3 is 2.34 bits per heavy atom. The second kappa shape index (κ2) is 7.97. The number of benzene rings is 1.